The van der Waals surface area contributed by atoms with Crippen LogP contribution < -0.4 is 20.1 Å². The van der Waals surface area contributed by atoms with Crippen LogP contribution in [0.1, 0.15) is 104 Å². The van der Waals surface area contributed by atoms with Gasteiger partial charge in [-0.15, -0.1) is 0 Å². The molecule has 1 spiro atoms. The number of ether oxygens (including phenoxy) is 6. The molecule has 1 aliphatic carbocycles. The number of hydrogen-bond donors (Lipinski definition) is 5. The Bertz CT molecular complexity index is 3080. The first-order valence-electron chi connectivity index (χ1n) is 26.2. The largest absolute Gasteiger partial charge is 0.507 e. The molecule has 2 aromatic carbocycles. The number of ketones is 2. The number of nitro groups is 1. The van der Waals surface area contributed by atoms with Crippen LogP contribution in [0.15, 0.2) is 83.0 Å². The summed E-state index contributed by atoms with van der Waals surface area (Å²) in [7, 11) is 1.45. The molecule has 9 rings (SSSR count). The van der Waals surface area contributed by atoms with Crippen LogP contribution in [0.4, 0.5) is 5.82 Å². The number of likely N-dealkylation sites (tertiary alicyclic amines) is 1. The van der Waals surface area contributed by atoms with E-state index in [2.05, 4.69) is 26.6 Å². The van der Waals surface area contributed by atoms with Gasteiger partial charge in [-0.2, -0.15) is 0 Å². The Morgan fingerprint density at radius 1 is 0.987 bits per heavy atom. The highest BCUT2D eigenvalue weighted by Gasteiger charge is 2.54. The monoisotopic (exact) mass is 1080 g/mol. The van der Waals surface area contributed by atoms with Crippen molar-refractivity contribution in [2.75, 3.05) is 26.8 Å². The van der Waals surface area contributed by atoms with Gasteiger partial charge >= 0.3 is 23.6 Å². The summed E-state index contributed by atoms with van der Waals surface area (Å²) in [6.45, 7) is 15.3. The number of phenols is 1. The Hall–Kier alpha value is -7.24. The topological polar surface area (TPSA) is 285 Å². The third-order valence-corrected chi connectivity index (χ3v) is 15.9. The van der Waals surface area contributed by atoms with Crippen LogP contribution >= 0.6 is 0 Å². The SMILES string of the molecule is CO[C@H]1/C=C/O[C@@]2(C)Oc3c(C)c(O)c4c(c3C2=O)C2=NC3(CCN(Cc5cccc(CO[C@@H]6COc7nc([N+](=O)[O-])cn7C6)c5)CC3)NC2=C(NC(=O)/C(C)=C\C=C\[C@H](C)[C@H](O)[C@@H](C)[C@@H](O)[C@@H](C)[C@H](OC(C)=O)[C@@H]1C)C4=O. The van der Waals surface area contributed by atoms with Gasteiger partial charge in [0.05, 0.1) is 60.3 Å². The van der Waals surface area contributed by atoms with Gasteiger partial charge < -0.3 is 64.5 Å². The van der Waals surface area contributed by atoms with Crippen molar-refractivity contribution in [1.82, 2.24) is 25.1 Å². The van der Waals surface area contributed by atoms with E-state index in [4.69, 9.17) is 33.4 Å². The maximum Gasteiger partial charge on any atom is 0.414 e. The Morgan fingerprint density at radius 3 is 2.42 bits per heavy atom. The number of aromatic hydroxyl groups is 1. The van der Waals surface area contributed by atoms with E-state index >= 15 is 0 Å². The number of carbonyl (C=O) groups excluding carboxylic acids is 4. The number of esters is 1. The summed E-state index contributed by atoms with van der Waals surface area (Å²) in [4.78, 5) is 78.7. The van der Waals surface area contributed by atoms with Crippen molar-refractivity contribution in [1.29, 1.82) is 0 Å². The summed E-state index contributed by atoms with van der Waals surface area (Å²) in [5.74, 6) is -7.99. The minimum absolute atomic E-state index is 0.0143. The van der Waals surface area contributed by atoms with Crippen molar-refractivity contribution in [3.8, 4) is 17.5 Å². The standard InChI is InChI=1S/C56H67N7O15/c1-28-12-10-13-29(2)53(70)58-45-44-43(59-56(60-44)17-19-61(20-18-56)23-35-14-11-15-36(22-35)26-74-37-24-62-25-39(63(71)72)57-54(62)75-27-37)40-41(49(45)68)48(67)33(6)51-42(40)52(69)55(8,78-51)76-21-16-38(73-9)30(3)50(77-34(7)64)32(5)47(66)31(4)46(28)65/h10-16,21-22,25,28,30-32,37-38,46-47,50,60,65-67H,17-20,23-24,26-27H2,1-9H3,(H,58,70)/b12-10+,21-16+,29-13-/t28-,30+,31+,32+,37-,38-,46-,47+,50+,55-/m0/s1. The van der Waals surface area contributed by atoms with Crippen molar-refractivity contribution in [3.63, 3.8) is 0 Å². The molecule has 5 N–H and O–H groups in total. The minimum atomic E-state index is -2.03. The maximum atomic E-state index is 15.0. The Morgan fingerprint density at radius 2 is 1.72 bits per heavy atom. The lowest BCUT2D eigenvalue weighted by molar-refractivity contribution is -0.389. The third-order valence-electron chi connectivity index (χ3n) is 15.9. The Balaban J connectivity index is 1.01. The van der Waals surface area contributed by atoms with Gasteiger partial charge in [-0.25, -0.2) is 0 Å². The number of rotatable bonds is 8. The molecule has 5 bridgehead atoms. The number of hydrogen-bond acceptors (Lipinski definition) is 19. The van der Waals surface area contributed by atoms with Gasteiger partial charge in [-0.3, -0.25) is 33.6 Å². The van der Waals surface area contributed by atoms with Crippen molar-refractivity contribution in [2.24, 2.45) is 28.7 Å². The van der Waals surface area contributed by atoms with E-state index in [-0.39, 0.29) is 81.8 Å². The highest BCUT2D eigenvalue weighted by molar-refractivity contribution is 6.34. The van der Waals surface area contributed by atoms with Gasteiger partial charge in [0.15, 0.2) is 0 Å². The number of Topliss-reactive ketones (excluding diaryl/α,β-unsaturated/α-hetero) is 2. The van der Waals surface area contributed by atoms with Crippen molar-refractivity contribution in [2.45, 2.75) is 130 Å². The molecular formula is C56H67N7O15. The number of methoxy groups -OCH3 is 1. The number of carbonyl (C=O) groups is 4. The number of nitrogens with one attached hydrogen (secondary N) is 2. The molecule has 0 unspecified atom stereocenters. The van der Waals surface area contributed by atoms with Gasteiger partial charge in [-0.1, -0.05) is 70.2 Å². The molecule has 1 aromatic heterocycles. The van der Waals surface area contributed by atoms with Crippen LogP contribution in [0.5, 0.6) is 17.5 Å². The second kappa shape index (κ2) is 21.9. The number of aromatic nitrogens is 2. The molecule has 22 heteroatoms. The van der Waals surface area contributed by atoms with Crippen LogP contribution in [0.2, 0.25) is 0 Å². The summed E-state index contributed by atoms with van der Waals surface area (Å²) in [6, 6.07) is 8.19. The zero-order valence-corrected chi connectivity index (χ0v) is 45.1. The molecule has 1 fully saturated rings. The number of benzene rings is 2. The fourth-order valence-corrected chi connectivity index (χ4v) is 11.3. The van der Waals surface area contributed by atoms with Crippen LogP contribution in [-0.2, 0) is 48.2 Å². The van der Waals surface area contributed by atoms with E-state index in [1.807, 2.05) is 18.2 Å². The number of aliphatic hydroxyl groups excluding tert-OH is 2. The van der Waals surface area contributed by atoms with E-state index in [1.165, 1.54) is 52.5 Å². The molecule has 5 aliphatic heterocycles. The lowest BCUT2D eigenvalue weighted by Crippen LogP contribution is -2.50. The zero-order valence-electron chi connectivity index (χ0n) is 45.1. The third kappa shape index (κ3) is 10.6. The van der Waals surface area contributed by atoms with E-state index in [1.54, 1.807) is 51.3 Å². The fraction of sp³-hybridized carbons (Fsp3) is 0.500. The van der Waals surface area contributed by atoms with Crippen molar-refractivity contribution >= 4 is 35.0 Å². The van der Waals surface area contributed by atoms with E-state index in [9.17, 15) is 44.6 Å². The minimum Gasteiger partial charge on any atom is -0.507 e. The van der Waals surface area contributed by atoms with Gasteiger partial charge in [0.2, 0.25) is 5.78 Å². The average Bonchev–Trinajstić information content (AvgIpc) is 4.07. The first kappa shape index (κ1) is 55.5. The highest BCUT2D eigenvalue weighted by atomic mass is 16.7. The number of nitrogens with zero attached hydrogens (tertiary/aromatic N) is 5. The lowest BCUT2D eigenvalue weighted by atomic mass is 9.78. The van der Waals surface area contributed by atoms with Gasteiger partial charge in [0, 0.05) is 98.8 Å². The molecule has 78 heavy (non-hydrogen) atoms. The normalized spacial score (nSPS) is 30.6. The molecule has 22 nitrogen and oxygen atoms in total. The summed E-state index contributed by atoms with van der Waals surface area (Å²) < 4.78 is 37.5. The number of phenolic OH excluding ortho intramolecular Hbond substituents is 1. The number of imidazole rings is 1. The van der Waals surface area contributed by atoms with E-state index in [0.717, 1.165) is 11.1 Å². The maximum absolute atomic E-state index is 15.0. The molecule has 6 heterocycles. The van der Waals surface area contributed by atoms with Crippen molar-refractivity contribution < 1.29 is 67.8 Å². The molecule has 10 atom stereocenters. The van der Waals surface area contributed by atoms with Crippen LogP contribution in [-0.4, -0.2) is 133 Å². The smallest absolute Gasteiger partial charge is 0.414 e. The first-order chi connectivity index (χ1) is 37.0. The molecule has 6 aliphatic rings. The summed E-state index contributed by atoms with van der Waals surface area (Å²) in [5, 5.41) is 52.7. The highest BCUT2D eigenvalue weighted by Crippen LogP contribution is 2.50. The predicted octanol–water partition coefficient (Wildman–Crippen LogP) is 5.24. The quantitative estimate of drug-likeness (QED) is 0.109. The van der Waals surface area contributed by atoms with Gasteiger partial charge in [0.25, 0.3) is 11.7 Å². The summed E-state index contributed by atoms with van der Waals surface area (Å²) in [5.41, 5.74) is 1.21. The number of piperidine rings is 1. The van der Waals surface area contributed by atoms with Gasteiger partial charge in [0.1, 0.15) is 47.9 Å². The summed E-state index contributed by atoms with van der Waals surface area (Å²) in [6.07, 6.45) is 5.54. The first-order valence-corrected chi connectivity index (χ1v) is 26.2. The average molecular weight is 1080 g/mol. The molecule has 0 saturated carbocycles. The number of amides is 1. The van der Waals surface area contributed by atoms with Crippen LogP contribution in [0.3, 0.4) is 0 Å². The zero-order chi connectivity index (χ0) is 56.1. The number of allylic oxidation sites excluding steroid dienone is 4. The Kier molecular flexibility index (Phi) is 15.6. The second-order valence-electron chi connectivity index (χ2n) is 21.5. The molecule has 416 valence electrons. The molecular weight excluding hydrogens is 1010 g/mol. The molecule has 1 amide bonds. The fourth-order valence-electron chi connectivity index (χ4n) is 11.3. The van der Waals surface area contributed by atoms with E-state index in [0.29, 0.717) is 39.0 Å². The number of aliphatic imine (C=N–C) groups is 1. The molecule has 0 radical (unpaired) electrons. The van der Waals surface area contributed by atoms with Crippen molar-refractivity contribution in [3.05, 3.63) is 121 Å². The molecule has 1 saturated heterocycles. The lowest BCUT2D eigenvalue weighted by Gasteiger charge is -2.38. The predicted molar refractivity (Wildman–Crippen MR) is 280 cm³/mol. The summed E-state index contributed by atoms with van der Waals surface area (Å²) >= 11 is 0. The van der Waals surface area contributed by atoms with Crippen LogP contribution in [0.25, 0.3) is 0 Å². The Labute approximate surface area is 450 Å². The number of fused-ring (bicyclic) bond motifs is 4. The van der Waals surface area contributed by atoms with Crippen LogP contribution in [0, 0.1) is 40.7 Å². The van der Waals surface area contributed by atoms with E-state index < -0.39 is 93.7 Å². The number of aliphatic hydroxyl groups is 2. The van der Waals surface area contributed by atoms with Gasteiger partial charge in [-0.05, 0) is 36.0 Å². The second-order valence-corrected chi connectivity index (χ2v) is 21.5. The molecule has 3 aromatic rings.